The Morgan fingerprint density at radius 1 is 1.00 bits per heavy atom. The number of nitrogens with zero attached hydrogens (tertiary/aromatic N) is 1. The van der Waals surface area contributed by atoms with Crippen LogP contribution in [0.5, 0.6) is 11.5 Å². The molecule has 1 heterocycles. The third-order valence-electron chi connectivity index (χ3n) is 2.85. The number of halogens is 2. The van der Waals surface area contributed by atoms with Gasteiger partial charge in [0, 0.05) is 29.8 Å². The van der Waals surface area contributed by atoms with Crippen molar-refractivity contribution in [3.63, 3.8) is 0 Å². The van der Waals surface area contributed by atoms with E-state index in [-0.39, 0.29) is 5.75 Å². The number of fused-ring (bicyclic) bond motifs is 1. The van der Waals surface area contributed by atoms with Gasteiger partial charge in [-0.3, -0.25) is 4.98 Å². The number of hydrogen-bond acceptors (Lipinski definition) is 3. The number of rotatable bonds is 2. The van der Waals surface area contributed by atoms with Crippen molar-refractivity contribution in [3.8, 4) is 11.5 Å². The maximum Gasteiger partial charge on any atom is 0.151 e. The zero-order valence-electron chi connectivity index (χ0n) is 10.3. The maximum absolute atomic E-state index is 13.1. The minimum atomic E-state index is -0.707. The molecule has 0 fully saturated rings. The molecule has 5 heteroatoms. The third-order valence-corrected chi connectivity index (χ3v) is 2.85. The number of nitrogens with two attached hydrogens (primary N) is 1. The van der Waals surface area contributed by atoms with E-state index >= 15 is 0 Å². The Kier molecular flexibility index (Phi) is 2.95. The van der Waals surface area contributed by atoms with Crippen LogP contribution in [0.15, 0.2) is 48.7 Å². The molecule has 2 aromatic carbocycles. The van der Waals surface area contributed by atoms with Crippen molar-refractivity contribution in [3.05, 3.63) is 60.3 Å². The fraction of sp³-hybridized carbons (Fsp3) is 0. The van der Waals surface area contributed by atoms with Crippen molar-refractivity contribution in [2.24, 2.45) is 0 Å². The van der Waals surface area contributed by atoms with Crippen LogP contribution in [0.2, 0.25) is 0 Å². The summed E-state index contributed by atoms with van der Waals surface area (Å²) in [6.45, 7) is 0. The molecule has 2 N–H and O–H groups in total. The van der Waals surface area contributed by atoms with Gasteiger partial charge >= 0.3 is 0 Å². The highest BCUT2D eigenvalue weighted by atomic mass is 19.1. The van der Waals surface area contributed by atoms with E-state index in [1.54, 1.807) is 30.5 Å². The molecule has 20 heavy (non-hydrogen) atoms. The predicted molar refractivity (Wildman–Crippen MR) is 72.6 cm³/mol. The van der Waals surface area contributed by atoms with Crippen molar-refractivity contribution in [2.45, 2.75) is 0 Å². The molecule has 0 spiro atoms. The van der Waals surface area contributed by atoms with E-state index < -0.39 is 11.6 Å². The van der Waals surface area contributed by atoms with Crippen LogP contribution < -0.4 is 10.5 Å². The molecule has 0 aliphatic rings. The Hall–Kier alpha value is -2.69. The number of pyridine rings is 1. The summed E-state index contributed by atoms with van der Waals surface area (Å²) in [6, 6.07) is 9.87. The molecule has 0 radical (unpaired) electrons. The molecule has 0 amide bonds. The van der Waals surface area contributed by atoms with Gasteiger partial charge in [0.15, 0.2) is 5.75 Å². The van der Waals surface area contributed by atoms with Gasteiger partial charge in [0.25, 0.3) is 0 Å². The normalized spacial score (nSPS) is 10.7. The van der Waals surface area contributed by atoms with E-state index in [4.69, 9.17) is 10.5 Å². The smallest absolute Gasteiger partial charge is 0.151 e. The second-order valence-electron chi connectivity index (χ2n) is 4.25. The van der Waals surface area contributed by atoms with Gasteiger partial charge in [0.1, 0.15) is 17.4 Å². The van der Waals surface area contributed by atoms with Crippen LogP contribution in [0.25, 0.3) is 10.9 Å². The van der Waals surface area contributed by atoms with Gasteiger partial charge < -0.3 is 10.5 Å². The molecule has 100 valence electrons. The summed E-state index contributed by atoms with van der Waals surface area (Å²) < 4.78 is 31.7. The van der Waals surface area contributed by atoms with Gasteiger partial charge in [-0.1, -0.05) is 0 Å². The lowest BCUT2D eigenvalue weighted by Gasteiger charge is -2.10. The standard InChI is InChI=1S/C15H10F2N2O/c16-9-6-10(17)8-11(7-9)20-14-4-3-13-12(15(14)18)2-1-5-19-13/h1-8H,18H2. The first-order valence-corrected chi connectivity index (χ1v) is 5.90. The molecular formula is C15H10F2N2O. The zero-order chi connectivity index (χ0) is 14.1. The molecule has 3 rings (SSSR count). The molecule has 0 aliphatic carbocycles. The number of benzene rings is 2. The molecule has 0 saturated carbocycles. The summed E-state index contributed by atoms with van der Waals surface area (Å²) in [5, 5.41) is 0.724. The Morgan fingerprint density at radius 2 is 1.75 bits per heavy atom. The number of nitrogen functional groups attached to an aromatic ring is 1. The molecule has 0 aliphatic heterocycles. The van der Waals surface area contributed by atoms with Crippen LogP contribution in [0.4, 0.5) is 14.5 Å². The summed E-state index contributed by atoms with van der Waals surface area (Å²) in [4.78, 5) is 4.16. The molecule has 3 nitrogen and oxygen atoms in total. The SMILES string of the molecule is Nc1c(Oc2cc(F)cc(F)c2)ccc2ncccc12. The van der Waals surface area contributed by atoms with Crippen molar-refractivity contribution >= 4 is 16.6 Å². The minimum Gasteiger partial charge on any atom is -0.455 e. The number of hydrogen-bond donors (Lipinski definition) is 1. The van der Waals surface area contributed by atoms with E-state index in [2.05, 4.69) is 4.98 Å². The van der Waals surface area contributed by atoms with Crippen LogP contribution >= 0.6 is 0 Å². The first-order valence-electron chi connectivity index (χ1n) is 5.90. The average Bonchev–Trinajstić information content (AvgIpc) is 2.41. The van der Waals surface area contributed by atoms with E-state index in [0.717, 1.165) is 29.1 Å². The largest absolute Gasteiger partial charge is 0.455 e. The van der Waals surface area contributed by atoms with Crippen LogP contribution in [-0.4, -0.2) is 4.98 Å². The van der Waals surface area contributed by atoms with Gasteiger partial charge in [-0.15, -0.1) is 0 Å². The second kappa shape index (κ2) is 4.77. The van der Waals surface area contributed by atoms with Gasteiger partial charge in [-0.2, -0.15) is 0 Å². The monoisotopic (exact) mass is 272 g/mol. The van der Waals surface area contributed by atoms with Gasteiger partial charge in [0.05, 0.1) is 11.2 Å². The minimum absolute atomic E-state index is 0.0532. The predicted octanol–water partition coefficient (Wildman–Crippen LogP) is 3.89. The Bertz CT molecular complexity index is 770. The van der Waals surface area contributed by atoms with Crippen LogP contribution in [0.1, 0.15) is 0 Å². The summed E-state index contributed by atoms with van der Waals surface area (Å²) in [5.41, 5.74) is 7.09. The van der Waals surface area contributed by atoms with E-state index in [9.17, 15) is 8.78 Å². The van der Waals surface area contributed by atoms with Crippen molar-refractivity contribution < 1.29 is 13.5 Å². The van der Waals surface area contributed by atoms with Crippen molar-refractivity contribution in [2.75, 3.05) is 5.73 Å². The highest BCUT2D eigenvalue weighted by Crippen LogP contribution is 2.33. The molecule has 3 aromatic rings. The molecule has 0 atom stereocenters. The lowest BCUT2D eigenvalue weighted by atomic mass is 10.1. The highest BCUT2D eigenvalue weighted by molar-refractivity contribution is 5.93. The number of anilines is 1. The molecular weight excluding hydrogens is 262 g/mol. The third kappa shape index (κ3) is 2.25. The highest BCUT2D eigenvalue weighted by Gasteiger charge is 2.08. The molecule has 0 bridgehead atoms. The lowest BCUT2D eigenvalue weighted by Crippen LogP contribution is -1.95. The van der Waals surface area contributed by atoms with Crippen LogP contribution in [0, 0.1) is 11.6 Å². The quantitative estimate of drug-likeness (QED) is 0.720. The Balaban J connectivity index is 2.04. The lowest BCUT2D eigenvalue weighted by molar-refractivity contribution is 0.471. The average molecular weight is 272 g/mol. The Morgan fingerprint density at radius 3 is 2.50 bits per heavy atom. The summed E-state index contributed by atoms with van der Waals surface area (Å²) >= 11 is 0. The first kappa shape index (κ1) is 12.3. The van der Waals surface area contributed by atoms with E-state index in [1.807, 2.05) is 0 Å². The first-order chi connectivity index (χ1) is 9.63. The fourth-order valence-corrected chi connectivity index (χ4v) is 1.96. The summed E-state index contributed by atoms with van der Waals surface area (Å²) in [7, 11) is 0. The molecule has 1 aromatic heterocycles. The summed E-state index contributed by atoms with van der Waals surface area (Å²) in [5.74, 6) is -1.03. The van der Waals surface area contributed by atoms with Crippen molar-refractivity contribution in [1.29, 1.82) is 0 Å². The maximum atomic E-state index is 13.1. The molecule has 0 unspecified atom stereocenters. The van der Waals surface area contributed by atoms with E-state index in [1.165, 1.54) is 0 Å². The topological polar surface area (TPSA) is 48.1 Å². The van der Waals surface area contributed by atoms with Gasteiger partial charge in [0.2, 0.25) is 0 Å². The van der Waals surface area contributed by atoms with Gasteiger partial charge in [-0.25, -0.2) is 8.78 Å². The zero-order valence-corrected chi connectivity index (χ0v) is 10.3. The number of ether oxygens (including phenoxy) is 1. The van der Waals surface area contributed by atoms with Crippen LogP contribution in [0.3, 0.4) is 0 Å². The second-order valence-corrected chi connectivity index (χ2v) is 4.25. The van der Waals surface area contributed by atoms with Gasteiger partial charge in [-0.05, 0) is 24.3 Å². The van der Waals surface area contributed by atoms with E-state index in [0.29, 0.717) is 11.4 Å². The van der Waals surface area contributed by atoms with Crippen molar-refractivity contribution in [1.82, 2.24) is 4.98 Å². The number of aromatic nitrogens is 1. The fourth-order valence-electron chi connectivity index (χ4n) is 1.96. The van der Waals surface area contributed by atoms with Crippen LogP contribution in [-0.2, 0) is 0 Å². The molecule has 0 saturated heterocycles. The Labute approximate surface area is 113 Å². The summed E-state index contributed by atoms with van der Waals surface area (Å²) in [6.07, 6.45) is 1.66.